The lowest BCUT2D eigenvalue weighted by molar-refractivity contribution is -0.00000144. The lowest BCUT2D eigenvalue weighted by Gasteiger charge is -1.69. The Kier molecular flexibility index (Phi) is 9.48. The van der Waals surface area contributed by atoms with Gasteiger partial charge in [0.05, 0.1) is 10.9 Å². The SMILES string of the molecule is CC#C[S+](C)C.[Br-]. The first-order valence-electron chi connectivity index (χ1n) is 1.77. The second-order valence-corrected chi connectivity index (χ2v) is 3.01. The molecule has 7 heavy (non-hydrogen) atoms. The van der Waals surface area contributed by atoms with Crippen LogP contribution in [-0.4, -0.2) is 12.5 Å². The van der Waals surface area contributed by atoms with Crippen LogP contribution in [0.4, 0.5) is 0 Å². The molecular weight excluding hydrogens is 172 g/mol. The molecule has 0 N–H and O–H groups in total. The third-order valence-corrected chi connectivity index (χ3v) is 0.919. The molecule has 0 saturated heterocycles. The fourth-order valence-corrected chi connectivity index (χ4v) is 0.612. The van der Waals surface area contributed by atoms with Crippen molar-refractivity contribution >= 4 is 10.9 Å². The van der Waals surface area contributed by atoms with Gasteiger partial charge in [0.25, 0.3) is 0 Å². The molecule has 2 heteroatoms. The Balaban J connectivity index is 0. The highest BCUT2D eigenvalue weighted by molar-refractivity contribution is 8.00. The molecule has 42 valence electrons. The topological polar surface area (TPSA) is 0 Å². The summed E-state index contributed by atoms with van der Waals surface area (Å²) in [4.78, 5) is 0. The fraction of sp³-hybridized carbons (Fsp3) is 0.600. The molecule has 0 aliphatic heterocycles. The van der Waals surface area contributed by atoms with E-state index in [0.717, 1.165) is 0 Å². The summed E-state index contributed by atoms with van der Waals surface area (Å²) in [5.74, 6) is 2.83. The minimum atomic E-state index is 0. The van der Waals surface area contributed by atoms with Crippen LogP contribution in [0.5, 0.6) is 0 Å². The van der Waals surface area contributed by atoms with Crippen molar-refractivity contribution in [2.45, 2.75) is 6.92 Å². The van der Waals surface area contributed by atoms with Crippen molar-refractivity contribution in [2.24, 2.45) is 0 Å². The van der Waals surface area contributed by atoms with E-state index in [2.05, 4.69) is 23.7 Å². The van der Waals surface area contributed by atoms with Gasteiger partial charge in [-0.3, -0.25) is 0 Å². The molecule has 0 heterocycles. The highest BCUT2D eigenvalue weighted by atomic mass is 79.9. The summed E-state index contributed by atoms with van der Waals surface area (Å²) in [6.45, 7) is 1.87. The van der Waals surface area contributed by atoms with Gasteiger partial charge in [0.15, 0.2) is 5.25 Å². The highest BCUT2D eigenvalue weighted by Crippen LogP contribution is 1.73. The molecular formula is C5H9BrS. The predicted octanol–water partition coefficient (Wildman–Crippen LogP) is -2.15. The van der Waals surface area contributed by atoms with E-state index in [4.69, 9.17) is 0 Å². The Morgan fingerprint density at radius 1 is 1.29 bits per heavy atom. The third-order valence-electron chi connectivity index (χ3n) is 0.306. The lowest BCUT2D eigenvalue weighted by atomic mass is 10.9. The van der Waals surface area contributed by atoms with Crippen LogP contribution < -0.4 is 17.0 Å². The normalized spacial score (nSPS) is 6.29. The second kappa shape index (κ2) is 6.39. The maximum atomic E-state index is 2.99. The number of hydrogen-bond donors (Lipinski definition) is 0. The summed E-state index contributed by atoms with van der Waals surface area (Å²) in [5, 5.41) is 2.99. The quantitative estimate of drug-likeness (QED) is 0.295. The van der Waals surface area contributed by atoms with Crippen LogP contribution in [0.1, 0.15) is 6.92 Å². The van der Waals surface area contributed by atoms with Gasteiger partial charge in [-0.05, 0) is 5.92 Å². The third kappa shape index (κ3) is 10.7. The summed E-state index contributed by atoms with van der Waals surface area (Å²) in [6.07, 6.45) is 4.22. The van der Waals surface area contributed by atoms with E-state index >= 15 is 0 Å². The maximum absolute atomic E-state index is 2.99. The molecule has 0 saturated carbocycles. The van der Waals surface area contributed by atoms with Crippen molar-refractivity contribution in [3.63, 3.8) is 0 Å². The summed E-state index contributed by atoms with van der Waals surface area (Å²) in [7, 11) is 0.323. The first-order chi connectivity index (χ1) is 2.77. The molecule has 0 atom stereocenters. The first kappa shape index (κ1) is 10.4. The van der Waals surface area contributed by atoms with Gasteiger partial charge in [0.2, 0.25) is 0 Å². The Morgan fingerprint density at radius 3 is 1.71 bits per heavy atom. The molecule has 0 aromatic heterocycles. The van der Waals surface area contributed by atoms with Crippen LogP contribution in [0, 0.1) is 11.2 Å². The fourth-order valence-electron chi connectivity index (χ4n) is 0.204. The predicted molar refractivity (Wildman–Crippen MR) is 32.7 cm³/mol. The molecule has 0 spiro atoms. The molecule has 0 aliphatic rings. The monoisotopic (exact) mass is 180 g/mol. The Hall–Kier alpha value is 0.390. The van der Waals surface area contributed by atoms with E-state index < -0.39 is 0 Å². The zero-order valence-electron chi connectivity index (χ0n) is 4.79. The van der Waals surface area contributed by atoms with Gasteiger partial charge >= 0.3 is 0 Å². The van der Waals surface area contributed by atoms with Gasteiger partial charge in [0.1, 0.15) is 12.5 Å². The minimum absolute atomic E-state index is 0. The van der Waals surface area contributed by atoms with Crippen molar-refractivity contribution < 1.29 is 17.0 Å². The van der Waals surface area contributed by atoms with Gasteiger partial charge in [-0.2, -0.15) is 0 Å². The van der Waals surface area contributed by atoms with Crippen LogP contribution in [-0.2, 0) is 10.9 Å². The van der Waals surface area contributed by atoms with E-state index in [1.165, 1.54) is 0 Å². The van der Waals surface area contributed by atoms with Gasteiger partial charge in [-0.1, -0.05) is 0 Å². The average Bonchev–Trinajstić information content (AvgIpc) is 1.35. The van der Waals surface area contributed by atoms with Crippen LogP contribution in [0.25, 0.3) is 0 Å². The number of hydrogen-bond acceptors (Lipinski definition) is 0. The van der Waals surface area contributed by atoms with Crippen LogP contribution >= 0.6 is 0 Å². The smallest absolute Gasteiger partial charge is 0.151 e. The van der Waals surface area contributed by atoms with Gasteiger partial charge in [-0.15, -0.1) is 0 Å². The van der Waals surface area contributed by atoms with Crippen molar-refractivity contribution in [3.8, 4) is 11.2 Å². The van der Waals surface area contributed by atoms with Crippen LogP contribution in [0.15, 0.2) is 0 Å². The van der Waals surface area contributed by atoms with Gasteiger partial charge < -0.3 is 17.0 Å². The van der Waals surface area contributed by atoms with Crippen LogP contribution in [0.2, 0.25) is 0 Å². The molecule has 0 nitrogen and oxygen atoms in total. The van der Waals surface area contributed by atoms with E-state index in [-0.39, 0.29) is 17.0 Å². The second-order valence-electron chi connectivity index (χ2n) is 1.17. The van der Waals surface area contributed by atoms with Crippen LogP contribution in [0.3, 0.4) is 0 Å². The molecule has 0 unspecified atom stereocenters. The standard InChI is InChI=1S/C5H9S.BrH/c1-4-5-6(2)3;/h1-3H3;1H/q+1;/p-1. The van der Waals surface area contributed by atoms with Gasteiger partial charge in [-0.25, -0.2) is 0 Å². The highest BCUT2D eigenvalue weighted by Gasteiger charge is 1.88. The van der Waals surface area contributed by atoms with Crippen molar-refractivity contribution in [2.75, 3.05) is 12.5 Å². The molecule has 0 bridgehead atoms. The van der Waals surface area contributed by atoms with E-state index in [1.54, 1.807) is 0 Å². The zero-order valence-corrected chi connectivity index (χ0v) is 7.19. The Morgan fingerprint density at radius 2 is 1.71 bits per heavy atom. The zero-order chi connectivity index (χ0) is 4.99. The summed E-state index contributed by atoms with van der Waals surface area (Å²) >= 11 is 0. The molecule has 0 radical (unpaired) electrons. The summed E-state index contributed by atoms with van der Waals surface area (Å²) < 4.78 is 0. The average molecular weight is 181 g/mol. The van der Waals surface area contributed by atoms with Crippen molar-refractivity contribution in [1.29, 1.82) is 0 Å². The van der Waals surface area contributed by atoms with E-state index in [1.807, 2.05) is 6.92 Å². The van der Waals surface area contributed by atoms with Gasteiger partial charge in [0, 0.05) is 6.92 Å². The number of halogens is 1. The summed E-state index contributed by atoms with van der Waals surface area (Å²) in [6, 6.07) is 0. The molecule has 0 aromatic carbocycles. The minimum Gasteiger partial charge on any atom is -1.00 e. The molecule has 0 amide bonds. The van der Waals surface area contributed by atoms with E-state index in [9.17, 15) is 0 Å². The maximum Gasteiger partial charge on any atom is 0.151 e. The molecule has 0 aliphatic carbocycles. The van der Waals surface area contributed by atoms with Crippen molar-refractivity contribution in [3.05, 3.63) is 0 Å². The Labute approximate surface area is 58.8 Å². The van der Waals surface area contributed by atoms with Crippen molar-refractivity contribution in [1.82, 2.24) is 0 Å². The first-order valence-corrected chi connectivity index (χ1v) is 3.81. The largest absolute Gasteiger partial charge is 1.00 e. The Bertz CT molecular complexity index is 77.8. The van der Waals surface area contributed by atoms with E-state index in [0.29, 0.717) is 10.9 Å². The molecule has 0 aromatic rings. The lowest BCUT2D eigenvalue weighted by Crippen LogP contribution is -3.00. The molecule has 0 rings (SSSR count). The molecule has 0 fully saturated rings. The number of rotatable bonds is 0. The summed E-state index contributed by atoms with van der Waals surface area (Å²) in [5.41, 5.74) is 0.